The second kappa shape index (κ2) is 8.95. The lowest BCUT2D eigenvalue weighted by molar-refractivity contribution is -0.130. The maximum Gasteiger partial charge on any atom is 0.219 e. The third kappa shape index (κ3) is 4.61. The quantitative estimate of drug-likeness (QED) is 0.776. The van der Waals surface area contributed by atoms with Crippen LogP contribution in [0.3, 0.4) is 0 Å². The minimum atomic E-state index is 0.159. The summed E-state index contributed by atoms with van der Waals surface area (Å²) >= 11 is 0. The van der Waals surface area contributed by atoms with E-state index in [2.05, 4.69) is 31.8 Å². The van der Waals surface area contributed by atoms with Crippen LogP contribution in [0.15, 0.2) is 24.3 Å². The molecule has 0 unspecified atom stereocenters. The molecule has 156 valence electrons. The van der Waals surface area contributed by atoms with Gasteiger partial charge in [0, 0.05) is 58.5 Å². The molecule has 7 nitrogen and oxygen atoms in total. The summed E-state index contributed by atoms with van der Waals surface area (Å²) in [6.07, 6.45) is 3.03. The van der Waals surface area contributed by atoms with Gasteiger partial charge in [-0.15, -0.1) is 10.2 Å². The number of hydrogen-bond donors (Lipinski definition) is 0. The Bertz CT molecular complexity index is 832. The molecule has 1 aromatic heterocycles. The van der Waals surface area contributed by atoms with Crippen molar-refractivity contribution in [1.29, 1.82) is 0 Å². The molecule has 1 aromatic carbocycles. The Hall–Kier alpha value is -2.41. The van der Waals surface area contributed by atoms with Gasteiger partial charge in [0.2, 0.25) is 5.91 Å². The molecule has 1 atom stereocenters. The number of piperidine rings is 1. The van der Waals surface area contributed by atoms with E-state index < -0.39 is 0 Å². The maximum absolute atomic E-state index is 11.8. The fraction of sp³-hybridized carbons (Fsp3) is 0.591. The Morgan fingerprint density at radius 1 is 1.14 bits per heavy atom. The molecule has 2 aliphatic rings. The first kappa shape index (κ1) is 19.9. The Balaban J connectivity index is 1.40. The molecule has 1 fully saturated rings. The number of aromatic nitrogens is 3. The number of carbonyl (C=O) groups is 1. The van der Waals surface area contributed by atoms with Crippen LogP contribution in [-0.4, -0.2) is 63.3 Å². The molecule has 4 rings (SSSR count). The summed E-state index contributed by atoms with van der Waals surface area (Å²) in [5.74, 6) is 3.52. The highest BCUT2D eigenvalue weighted by Crippen LogP contribution is 2.27. The molecular weight excluding hydrogens is 366 g/mol. The average Bonchev–Trinajstić information content (AvgIpc) is 3.04. The fourth-order valence-corrected chi connectivity index (χ4v) is 4.44. The van der Waals surface area contributed by atoms with E-state index in [9.17, 15) is 4.79 Å². The van der Waals surface area contributed by atoms with Gasteiger partial charge in [0.15, 0.2) is 0 Å². The van der Waals surface area contributed by atoms with Crippen LogP contribution >= 0.6 is 0 Å². The zero-order valence-corrected chi connectivity index (χ0v) is 17.5. The minimum absolute atomic E-state index is 0.159. The summed E-state index contributed by atoms with van der Waals surface area (Å²) in [4.78, 5) is 16.2. The highest BCUT2D eigenvalue weighted by molar-refractivity contribution is 5.73. The van der Waals surface area contributed by atoms with Crippen LogP contribution in [0.1, 0.15) is 49.8 Å². The van der Waals surface area contributed by atoms with Gasteiger partial charge in [-0.2, -0.15) is 0 Å². The summed E-state index contributed by atoms with van der Waals surface area (Å²) in [6, 6.07) is 8.40. The van der Waals surface area contributed by atoms with Crippen molar-refractivity contribution in [2.24, 2.45) is 0 Å². The first-order chi connectivity index (χ1) is 14.1. The van der Waals surface area contributed by atoms with Crippen LogP contribution < -0.4 is 4.74 Å². The molecule has 2 aromatic rings. The van der Waals surface area contributed by atoms with Crippen molar-refractivity contribution >= 4 is 5.91 Å². The number of carbonyl (C=O) groups excluding carboxylic acids is 1. The summed E-state index contributed by atoms with van der Waals surface area (Å²) in [7, 11) is 0. The van der Waals surface area contributed by atoms with E-state index in [0.717, 1.165) is 75.9 Å². The van der Waals surface area contributed by atoms with Gasteiger partial charge in [-0.05, 0) is 37.5 Å². The van der Waals surface area contributed by atoms with Gasteiger partial charge < -0.3 is 14.2 Å². The first-order valence-electron chi connectivity index (χ1n) is 10.8. The van der Waals surface area contributed by atoms with Crippen LogP contribution in [-0.2, 0) is 24.3 Å². The number of rotatable bonds is 5. The summed E-state index contributed by atoms with van der Waals surface area (Å²) in [5, 5.41) is 9.04. The lowest BCUT2D eigenvalue weighted by Crippen LogP contribution is -2.38. The highest BCUT2D eigenvalue weighted by atomic mass is 16.5. The number of ether oxygens (including phenoxy) is 1. The van der Waals surface area contributed by atoms with Crippen molar-refractivity contribution in [3.05, 3.63) is 41.5 Å². The predicted molar refractivity (Wildman–Crippen MR) is 111 cm³/mol. The second-order valence-electron chi connectivity index (χ2n) is 8.03. The van der Waals surface area contributed by atoms with Crippen molar-refractivity contribution < 1.29 is 9.53 Å². The molecule has 29 heavy (non-hydrogen) atoms. The molecule has 2 aliphatic heterocycles. The predicted octanol–water partition coefficient (Wildman–Crippen LogP) is 2.46. The lowest BCUT2D eigenvalue weighted by atomic mass is 9.97. The van der Waals surface area contributed by atoms with E-state index in [-0.39, 0.29) is 5.91 Å². The van der Waals surface area contributed by atoms with E-state index in [1.807, 2.05) is 24.0 Å². The number of hydrogen-bond acceptors (Lipinski definition) is 5. The molecule has 0 N–H and O–H groups in total. The number of nitrogens with zero attached hydrogens (tertiary/aromatic N) is 5. The van der Waals surface area contributed by atoms with Gasteiger partial charge >= 0.3 is 0 Å². The lowest BCUT2D eigenvalue weighted by Gasteiger charge is -2.31. The van der Waals surface area contributed by atoms with Crippen LogP contribution in [0.2, 0.25) is 0 Å². The minimum Gasteiger partial charge on any atom is -0.494 e. The monoisotopic (exact) mass is 397 g/mol. The van der Waals surface area contributed by atoms with Gasteiger partial charge in [0.05, 0.1) is 6.61 Å². The fourth-order valence-electron chi connectivity index (χ4n) is 4.44. The summed E-state index contributed by atoms with van der Waals surface area (Å²) in [5.41, 5.74) is 1.30. The third-order valence-electron chi connectivity index (χ3n) is 6.02. The van der Waals surface area contributed by atoms with E-state index >= 15 is 0 Å². The molecule has 0 saturated carbocycles. The Kier molecular flexibility index (Phi) is 6.13. The van der Waals surface area contributed by atoms with Crippen molar-refractivity contribution in [2.75, 3.05) is 32.8 Å². The topological polar surface area (TPSA) is 63.5 Å². The zero-order chi connectivity index (χ0) is 20.2. The van der Waals surface area contributed by atoms with E-state index in [4.69, 9.17) is 4.74 Å². The van der Waals surface area contributed by atoms with Gasteiger partial charge in [-0.25, -0.2) is 0 Å². The van der Waals surface area contributed by atoms with Gasteiger partial charge in [0.25, 0.3) is 0 Å². The molecule has 0 radical (unpaired) electrons. The molecule has 1 saturated heterocycles. The summed E-state index contributed by atoms with van der Waals surface area (Å²) in [6.45, 7) is 9.79. The Morgan fingerprint density at radius 3 is 2.72 bits per heavy atom. The Morgan fingerprint density at radius 2 is 1.97 bits per heavy atom. The third-order valence-corrected chi connectivity index (χ3v) is 6.02. The molecule has 0 aliphatic carbocycles. The molecule has 3 heterocycles. The molecule has 1 amide bonds. The van der Waals surface area contributed by atoms with Gasteiger partial charge in [-0.1, -0.05) is 12.1 Å². The Labute approximate surface area is 172 Å². The molecule has 0 spiro atoms. The van der Waals surface area contributed by atoms with Gasteiger partial charge in [0.1, 0.15) is 17.4 Å². The highest BCUT2D eigenvalue weighted by Gasteiger charge is 2.29. The van der Waals surface area contributed by atoms with E-state index in [1.54, 1.807) is 6.92 Å². The smallest absolute Gasteiger partial charge is 0.219 e. The maximum atomic E-state index is 11.8. The largest absolute Gasteiger partial charge is 0.494 e. The van der Waals surface area contributed by atoms with Crippen molar-refractivity contribution in [1.82, 2.24) is 24.6 Å². The second-order valence-corrected chi connectivity index (χ2v) is 8.03. The van der Waals surface area contributed by atoms with Crippen molar-refractivity contribution in [3.63, 3.8) is 0 Å². The molecular formula is C22H31N5O2. The number of benzene rings is 1. The molecule has 7 heteroatoms. The van der Waals surface area contributed by atoms with E-state index in [0.29, 0.717) is 12.5 Å². The normalized spacial score (nSPS) is 20.2. The van der Waals surface area contributed by atoms with Gasteiger partial charge in [-0.3, -0.25) is 9.69 Å². The number of likely N-dealkylation sites (tertiary alicyclic amines) is 1. The van der Waals surface area contributed by atoms with E-state index in [1.165, 1.54) is 5.56 Å². The van der Waals surface area contributed by atoms with Crippen molar-refractivity contribution in [2.45, 2.75) is 52.1 Å². The number of amides is 1. The zero-order valence-electron chi connectivity index (χ0n) is 17.5. The first-order valence-corrected chi connectivity index (χ1v) is 10.8. The van der Waals surface area contributed by atoms with Crippen molar-refractivity contribution in [3.8, 4) is 5.75 Å². The van der Waals surface area contributed by atoms with Crippen LogP contribution in [0, 0.1) is 0 Å². The van der Waals surface area contributed by atoms with Crippen LogP contribution in [0.5, 0.6) is 5.75 Å². The molecule has 0 bridgehead atoms. The SMILES string of the molecule is CCOc1ccc(CN2CCc3nnc([C@H]4CCCN(C(C)=O)C4)n3CC2)cc1. The van der Waals surface area contributed by atoms with Crippen LogP contribution in [0.4, 0.5) is 0 Å². The standard InChI is InChI=1S/C22H31N5O2/c1-3-29-20-8-6-18(7-9-20)15-25-12-10-21-23-24-22(27(21)14-13-25)19-5-4-11-26(16-19)17(2)28/h6-9,19H,3-5,10-16H2,1-2H3/t19-/m0/s1. The van der Waals surface area contributed by atoms with Crippen LogP contribution in [0.25, 0.3) is 0 Å². The average molecular weight is 398 g/mol. The number of fused-ring (bicyclic) bond motifs is 1. The summed E-state index contributed by atoms with van der Waals surface area (Å²) < 4.78 is 7.85.